The third-order valence-electron chi connectivity index (χ3n) is 4.04. The molecule has 9 nitrogen and oxygen atoms in total. The SMILES string of the molecule is C=CCN(CCO)CNC(=O)c1n[nH]c2c1CN(C(=O)O)[C@H](C)C2. The number of carbonyl (C=O) groups is 2. The van der Waals surface area contributed by atoms with Gasteiger partial charge in [-0.2, -0.15) is 5.10 Å². The van der Waals surface area contributed by atoms with Gasteiger partial charge < -0.3 is 20.4 Å². The molecule has 0 aromatic carbocycles. The highest BCUT2D eigenvalue weighted by Gasteiger charge is 2.31. The number of carbonyl (C=O) groups excluding carboxylic acids is 1. The number of nitrogens with zero attached hydrogens (tertiary/aromatic N) is 3. The minimum atomic E-state index is -1.01. The molecular weight excluding hydrogens is 314 g/mol. The molecule has 2 heterocycles. The van der Waals surface area contributed by atoms with E-state index in [2.05, 4.69) is 22.1 Å². The summed E-state index contributed by atoms with van der Waals surface area (Å²) in [5.41, 5.74) is 1.62. The van der Waals surface area contributed by atoms with Crippen LogP contribution in [-0.4, -0.2) is 74.6 Å². The molecular formula is C15H23N5O4. The van der Waals surface area contributed by atoms with Crippen molar-refractivity contribution in [3.8, 4) is 0 Å². The van der Waals surface area contributed by atoms with Gasteiger partial charge in [0.25, 0.3) is 5.91 Å². The van der Waals surface area contributed by atoms with Crippen molar-refractivity contribution in [2.45, 2.75) is 25.9 Å². The third kappa shape index (κ3) is 3.92. The van der Waals surface area contributed by atoms with E-state index < -0.39 is 6.09 Å². The molecule has 0 aliphatic carbocycles. The van der Waals surface area contributed by atoms with Crippen LogP contribution in [0.2, 0.25) is 0 Å². The van der Waals surface area contributed by atoms with Crippen molar-refractivity contribution in [2.75, 3.05) is 26.4 Å². The number of aromatic nitrogens is 2. The number of carboxylic acid groups (broad SMARTS) is 1. The predicted octanol–water partition coefficient (Wildman–Crippen LogP) is 0.00190. The second-order valence-electron chi connectivity index (χ2n) is 5.75. The second kappa shape index (κ2) is 7.93. The molecule has 1 aromatic rings. The largest absolute Gasteiger partial charge is 0.465 e. The van der Waals surface area contributed by atoms with Gasteiger partial charge in [-0.05, 0) is 6.92 Å². The van der Waals surface area contributed by atoms with Crippen molar-refractivity contribution in [1.29, 1.82) is 0 Å². The van der Waals surface area contributed by atoms with E-state index >= 15 is 0 Å². The van der Waals surface area contributed by atoms with E-state index in [1.54, 1.807) is 6.08 Å². The zero-order valence-corrected chi connectivity index (χ0v) is 13.7. The summed E-state index contributed by atoms with van der Waals surface area (Å²) in [6.45, 7) is 6.76. The number of hydrogen-bond acceptors (Lipinski definition) is 5. The van der Waals surface area contributed by atoms with Crippen LogP contribution in [0.1, 0.15) is 28.7 Å². The van der Waals surface area contributed by atoms with E-state index in [4.69, 9.17) is 5.11 Å². The maximum Gasteiger partial charge on any atom is 0.407 e. The lowest BCUT2D eigenvalue weighted by Crippen LogP contribution is -2.43. The smallest absolute Gasteiger partial charge is 0.407 e. The van der Waals surface area contributed by atoms with Gasteiger partial charge in [0.05, 0.1) is 19.8 Å². The van der Waals surface area contributed by atoms with Crippen LogP contribution in [0, 0.1) is 0 Å². The number of amides is 2. The van der Waals surface area contributed by atoms with Crippen molar-refractivity contribution in [1.82, 2.24) is 25.3 Å². The summed E-state index contributed by atoms with van der Waals surface area (Å²) in [6, 6.07) is -0.168. The van der Waals surface area contributed by atoms with Crippen molar-refractivity contribution in [2.24, 2.45) is 0 Å². The molecule has 2 amide bonds. The van der Waals surface area contributed by atoms with E-state index in [9.17, 15) is 14.7 Å². The van der Waals surface area contributed by atoms with Crippen LogP contribution < -0.4 is 5.32 Å². The quantitative estimate of drug-likeness (QED) is 0.410. The number of fused-ring (bicyclic) bond motifs is 1. The zero-order chi connectivity index (χ0) is 17.7. The van der Waals surface area contributed by atoms with Gasteiger partial charge in [0.2, 0.25) is 0 Å². The first-order valence-electron chi connectivity index (χ1n) is 7.75. The number of nitrogens with one attached hydrogen (secondary N) is 2. The Kier molecular flexibility index (Phi) is 5.93. The molecule has 0 spiro atoms. The highest BCUT2D eigenvalue weighted by Crippen LogP contribution is 2.24. The molecule has 132 valence electrons. The molecule has 1 atom stereocenters. The number of aliphatic hydroxyl groups is 1. The second-order valence-corrected chi connectivity index (χ2v) is 5.75. The van der Waals surface area contributed by atoms with Crippen molar-refractivity contribution >= 4 is 12.0 Å². The lowest BCUT2D eigenvalue weighted by atomic mass is 10.00. The van der Waals surface area contributed by atoms with Crippen molar-refractivity contribution < 1.29 is 19.8 Å². The Bertz CT molecular complexity index is 615. The highest BCUT2D eigenvalue weighted by molar-refractivity contribution is 5.94. The maximum atomic E-state index is 12.4. The van der Waals surface area contributed by atoms with E-state index in [1.807, 2.05) is 11.8 Å². The average Bonchev–Trinajstić information content (AvgIpc) is 2.94. The number of rotatable bonds is 7. The number of aliphatic hydroxyl groups excluding tert-OH is 1. The lowest BCUT2D eigenvalue weighted by Gasteiger charge is -2.30. The Morgan fingerprint density at radius 2 is 2.33 bits per heavy atom. The number of H-pyrrole nitrogens is 1. The summed E-state index contributed by atoms with van der Waals surface area (Å²) in [5.74, 6) is -0.376. The first kappa shape index (κ1) is 18.0. The van der Waals surface area contributed by atoms with Gasteiger partial charge in [-0.15, -0.1) is 6.58 Å². The van der Waals surface area contributed by atoms with Crippen LogP contribution in [0.3, 0.4) is 0 Å². The molecule has 24 heavy (non-hydrogen) atoms. The Balaban J connectivity index is 2.07. The predicted molar refractivity (Wildman–Crippen MR) is 86.5 cm³/mol. The molecule has 0 saturated heterocycles. The van der Waals surface area contributed by atoms with Gasteiger partial charge in [0.1, 0.15) is 0 Å². The van der Waals surface area contributed by atoms with Crippen LogP contribution in [0.4, 0.5) is 4.79 Å². The van der Waals surface area contributed by atoms with Gasteiger partial charge in [-0.3, -0.25) is 14.8 Å². The number of aromatic amines is 1. The van der Waals surface area contributed by atoms with Gasteiger partial charge in [0.15, 0.2) is 5.69 Å². The molecule has 0 radical (unpaired) electrons. The van der Waals surface area contributed by atoms with Crippen LogP contribution in [-0.2, 0) is 13.0 Å². The van der Waals surface area contributed by atoms with Gasteiger partial charge in [-0.1, -0.05) is 6.08 Å². The van der Waals surface area contributed by atoms with Crippen LogP contribution in [0.25, 0.3) is 0 Å². The Morgan fingerprint density at radius 3 is 2.96 bits per heavy atom. The molecule has 2 rings (SSSR count). The molecule has 9 heteroatoms. The van der Waals surface area contributed by atoms with Gasteiger partial charge in [0, 0.05) is 36.8 Å². The summed E-state index contributed by atoms with van der Waals surface area (Å²) < 4.78 is 0. The third-order valence-corrected chi connectivity index (χ3v) is 4.04. The molecule has 4 N–H and O–H groups in total. The Morgan fingerprint density at radius 1 is 1.58 bits per heavy atom. The molecule has 0 bridgehead atoms. The summed E-state index contributed by atoms with van der Waals surface area (Å²) in [7, 11) is 0. The fourth-order valence-corrected chi connectivity index (χ4v) is 2.74. The monoisotopic (exact) mass is 337 g/mol. The van der Waals surface area contributed by atoms with Gasteiger partial charge in [-0.25, -0.2) is 4.79 Å². The van der Waals surface area contributed by atoms with Gasteiger partial charge >= 0.3 is 6.09 Å². The Labute approximate surface area is 139 Å². The average molecular weight is 337 g/mol. The van der Waals surface area contributed by atoms with Crippen LogP contribution in [0.15, 0.2) is 12.7 Å². The van der Waals surface area contributed by atoms with E-state index in [0.29, 0.717) is 25.1 Å². The molecule has 0 unspecified atom stereocenters. The topological polar surface area (TPSA) is 122 Å². The summed E-state index contributed by atoms with van der Waals surface area (Å²) in [4.78, 5) is 26.8. The standard InChI is InChI=1S/C15H23N5O4/c1-3-4-19(5-6-21)9-16-14(22)13-11-8-20(15(23)24)10(2)7-12(11)17-18-13/h3,10,21H,1,4-9H2,2H3,(H,16,22)(H,17,18)(H,23,24)/t10-/m1/s1. The van der Waals surface area contributed by atoms with Crippen LogP contribution >= 0.6 is 0 Å². The minimum Gasteiger partial charge on any atom is -0.465 e. The van der Waals surface area contributed by atoms with E-state index in [1.165, 1.54) is 4.90 Å². The summed E-state index contributed by atoms with van der Waals surface area (Å²) >= 11 is 0. The first-order chi connectivity index (χ1) is 11.5. The Hall–Kier alpha value is -2.39. The molecule has 0 saturated carbocycles. The minimum absolute atomic E-state index is 0.0209. The first-order valence-corrected chi connectivity index (χ1v) is 7.75. The maximum absolute atomic E-state index is 12.4. The molecule has 1 aliphatic rings. The van der Waals surface area contributed by atoms with Crippen molar-refractivity contribution in [3.05, 3.63) is 29.6 Å². The highest BCUT2D eigenvalue weighted by atomic mass is 16.4. The lowest BCUT2D eigenvalue weighted by molar-refractivity contribution is 0.0906. The normalized spacial score (nSPS) is 16.8. The van der Waals surface area contributed by atoms with Crippen LogP contribution in [0.5, 0.6) is 0 Å². The zero-order valence-electron chi connectivity index (χ0n) is 13.7. The van der Waals surface area contributed by atoms with Crippen molar-refractivity contribution in [3.63, 3.8) is 0 Å². The molecule has 0 fully saturated rings. The molecule has 1 aromatic heterocycles. The fraction of sp³-hybridized carbons (Fsp3) is 0.533. The fourth-order valence-electron chi connectivity index (χ4n) is 2.74. The number of hydrogen-bond donors (Lipinski definition) is 4. The summed E-state index contributed by atoms with van der Waals surface area (Å²) in [5, 5.41) is 27.9. The van der Waals surface area contributed by atoms with E-state index in [-0.39, 0.29) is 37.5 Å². The van der Waals surface area contributed by atoms with E-state index in [0.717, 1.165) is 5.69 Å². The summed E-state index contributed by atoms with van der Waals surface area (Å²) in [6.07, 6.45) is 1.17. The molecule has 1 aliphatic heterocycles.